The average molecular weight is 362 g/mol. The van der Waals surface area contributed by atoms with Crippen molar-refractivity contribution in [2.75, 3.05) is 19.7 Å². The van der Waals surface area contributed by atoms with Gasteiger partial charge in [-0.15, -0.1) is 0 Å². The van der Waals surface area contributed by atoms with Crippen molar-refractivity contribution in [3.05, 3.63) is 12.2 Å². The highest BCUT2D eigenvalue weighted by Crippen LogP contribution is 2.34. The monoisotopic (exact) mass is 362 g/mol. The average Bonchev–Trinajstić information content (AvgIpc) is 2.80. The van der Waals surface area contributed by atoms with Crippen LogP contribution in [0.2, 0.25) is 0 Å². The van der Waals surface area contributed by atoms with Crippen LogP contribution in [0.3, 0.4) is 0 Å². The molecule has 2 atom stereocenters. The van der Waals surface area contributed by atoms with E-state index in [-0.39, 0.29) is 24.8 Å². The summed E-state index contributed by atoms with van der Waals surface area (Å²) < 4.78 is 40.3. The number of halogens is 3. The van der Waals surface area contributed by atoms with Crippen LogP contribution in [0.25, 0.3) is 0 Å². The third kappa shape index (κ3) is 5.04. The van der Waals surface area contributed by atoms with Gasteiger partial charge in [-0.05, 0) is 12.8 Å². The first-order valence-electron chi connectivity index (χ1n) is 7.68. The first-order chi connectivity index (χ1) is 11.7. The summed E-state index contributed by atoms with van der Waals surface area (Å²) in [5, 5.41) is 1.56. The van der Waals surface area contributed by atoms with Crippen LogP contribution in [-0.2, 0) is 23.9 Å². The van der Waals surface area contributed by atoms with Gasteiger partial charge in [0.15, 0.2) is 6.61 Å². The molecule has 0 aromatic rings. The zero-order valence-electron chi connectivity index (χ0n) is 13.2. The van der Waals surface area contributed by atoms with Gasteiger partial charge in [-0.3, -0.25) is 24.1 Å². The zero-order chi connectivity index (χ0) is 18.6. The van der Waals surface area contributed by atoms with Gasteiger partial charge < -0.3 is 10.1 Å². The Balaban J connectivity index is 1.72. The summed E-state index contributed by atoms with van der Waals surface area (Å²) in [5.41, 5.74) is 0. The largest absolute Gasteiger partial charge is 0.456 e. The number of alkyl halides is 3. The molecule has 0 aromatic carbocycles. The fourth-order valence-electron chi connectivity index (χ4n) is 2.76. The number of ether oxygens (including phenoxy) is 1. The number of fused-ring (bicyclic) bond motifs is 1. The van der Waals surface area contributed by atoms with Crippen LogP contribution < -0.4 is 5.32 Å². The van der Waals surface area contributed by atoms with Crippen molar-refractivity contribution in [1.82, 2.24) is 10.2 Å². The number of nitrogens with zero attached hydrogens (tertiary/aromatic N) is 1. The Morgan fingerprint density at radius 3 is 2.24 bits per heavy atom. The number of hydrogen-bond acceptors (Lipinski definition) is 5. The van der Waals surface area contributed by atoms with Gasteiger partial charge in [0.1, 0.15) is 6.54 Å². The highest BCUT2D eigenvalue weighted by atomic mass is 19.4. The van der Waals surface area contributed by atoms with Gasteiger partial charge in [0, 0.05) is 6.54 Å². The van der Waals surface area contributed by atoms with Gasteiger partial charge in [-0.1, -0.05) is 12.2 Å². The standard InChI is InChI=1S/C15H17F3N2O5/c16-15(17,18)8-19-11(21)7-25-12(22)5-6-20-13(23)9-3-1-2-4-10(9)14(20)24/h1-2,9-10H,3-8H2,(H,19,21)/t9-,10+. The van der Waals surface area contributed by atoms with E-state index in [0.29, 0.717) is 12.8 Å². The number of rotatable bonds is 6. The van der Waals surface area contributed by atoms with Crippen LogP contribution in [0.15, 0.2) is 12.2 Å². The van der Waals surface area contributed by atoms with E-state index < -0.39 is 43.0 Å². The molecular weight excluding hydrogens is 345 g/mol. The highest BCUT2D eigenvalue weighted by Gasteiger charge is 2.46. The van der Waals surface area contributed by atoms with Crippen LogP contribution in [0.5, 0.6) is 0 Å². The molecular formula is C15H17F3N2O5. The van der Waals surface area contributed by atoms with E-state index in [1.807, 2.05) is 12.2 Å². The number of likely N-dealkylation sites (tertiary alicyclic amines) is 1. The Morgan fingerprint density at radius 1 is 1.16 bits per heavy atom. The second-order valence-electron chi connectivity index (χ2n) is 5.79. The number of esters is 1. The Hall–Kier alpha value is -2.39. The first-order valence-corrected chi connectivity index (χ1v) is 7.68. The van der Waals surface area contributed by atoms with Crippen LogP contribution in [0, 0.1) is 11.8 Å². The number of carbonyl (C=O) groups is 4. The summed E-state index contributed by atoms with van der Waals surface area (Å²) in [4.78, 5) is 48.0. The summed E-state index contributed by atoms with van der Waals surface area (Å²) in [6.07, 6.45) is -0.239. The molecule has 2 aliphatic rings. The molecule has 1 aliphatic heterocycles. The lowest BCUT2D eigenvalue weighted by atomic mass is 9.85. The molecule has 1 aliphatic carbocycles. The lowest BCUT2D eigenvalue weighted by Gasteiger charge is -2.14. The molecule has 1 N–H and O–H groups in total. The zero-order valence-corrected chi connectivity index (χ0v) is 13.2. The van der Waals surface area contributed by atoms with Gasteiger partial charge in [0.2, 0.25) is 11.8 Å². The molecule has 0 spiro atoms. The molecule has 1 heterocycles. The van der Waals surface area contributed by atoms with Crippen LogP contribution in [0.4, 0.5) is 13.2 Å². The van der Waals surface area contributed by atoms with E-state index in [1.165, 1.54) is 0 Å². The van der Waals surface area contributed by atoms with Gasteiger partial charge >= 0.3 is 12.1 Å². The Morgan fingerprint density at radius 2 is 1.72 bits per heavy atom. The van der Waals surface area contributed by atoms with Crippen molar-refractivity contribution in [3.63, 3.8) is 0 Å². The highest BCUT2D eigenvalue weighted by molar-refractivity contribution is 6.05. The van der Waals surface area contributed by atoms with Crippen LogP contribution in [-0.4, -0.2) is 54.5 Å². The normalized spacial score (nSPS) is 22.8. The third-order valence-electron chi connectivity index (χ3n) is 3.99. The van der Waals surface area contributed by atoms with Gasteiger partial charge in [-0.2, -0.15) is 13.2 Å². The number of imide groups is 1. The quantitative estimate of drug-likeness (QED) is 0.423. The van der Waals surface area contributed by atoms with Crippen molar-refractivity contribution in [1.29, 1.82) is 0 Å². The molecule has 1 fully saturated rings. The van der Waals surface area contributed by atoms with Crippen molar-refractivity contribution >= 4 is 23.7 Å². The van der Waals surface area contributed by atoms with Crippen molar-refractivity contribution in [2.24, 2.45) is 11.8 Å². The van der Waals surface area contributed by atoms with Gasteiger partial charge in [0.25, 0.3) is 5.91 Å². The summed E-state index contributed by atoms with van der Waals surface area (Å²) in [5.74, 6) is -3.44. The number of nitrogens with one attached hydrogen (secondary N) is 1. The van der Waals surface area contributed by atoms with E-state index in [0.717, 1.165) is 4.90 Å². The number of allylic oxidation sites excluding steroid dienone is 2. The second-order valence-corrected chi connectivity index (χ2v) is 5.79. The van der Waals surface area contributed by atoms with Crippen molar-refractivity contribution in [3.8, 4) is 0 Å². The second kappa shape index (κ2) is 7.66. The van der Waals surface area contributed by atoms with E-state index >= 15 is 0 Å². The summed E-state index contributed by atoms with van der Waals surface area (Å²) in [6, 6.07) is 0. The molecule has 2 rings (SSSR count). The fourth-order valence-corrected chi connectivity index (χ4v) is 2.76. The predicted molar refractivity (Wildman–Crippen MR) is 76.7 cm³/mol. The minimum atomic E-state index is -4.55. The molecule has 10 heteroatoms. The Bertz CT molecular complexity index is 576. The number of amides is 3. The molecule has 3 amide bonds. The SMILES string of the molecule is O=C(COC(=O)CCN1C(=O)[C@H]2CC=CC[C@H]2C1=O)NCC(F)(F)F. The Kier molecular flexibility index (Phi) is 5.81. The smallest absolute Gasteiger partial charge is 0.405 e. The summed E-state index contributed by atoms with van der Waals surface area (Å²) in [7, 11) is 0. The summed E-state index contributed by atoms with van der Waals surface area (Å²) in [6.45, 7) is -2.55. The maximum atomic E-state index is 12.2. The molecule has 0 aromatic heterocycles. The molecule has 7 nitrogen and oxygen atoms in total. The van der Waals surface area contributed by atoms with Gasteiger partial charge in [-0.25, -0.2) is 0 Å². The van der Waals surface area contributed by atoms with Crippen LogP contribution in [0.1, 0.15) is 19.3 Å². The summed E-state index contributed by atoms with van der Waals surface area (Å²) >= 11 is 0. The van der Waals surface area contributed by atoms with Crippen LogP contribution >= 0.6 is 0 Å². The molecule has 25 heavy (non-hydrogen) atoms. The molecule has 0 unspecified atom stereocenters. The fraction of sp³-hybridized carbons (Fsp3) is 0.600. The minimum Gasteiger partial charge on any atom is -0.456 e. The predicted octanol–water partition coefficient (Wildman–Crippen LogP) is 0.549. The van der Waals surface area contributed by atoms with Crippen molar-refractivity contribution < 1.29 is 37.1 Å². The molecule has 0 radical (unpaired) electrons. The molecule has 0 saturated carbocycles. The first kappa shape index (κ1) is 18.9. The lowest BCUT2D eigenvalue weighted by Crippen LogP contribution is -2.37. The minimum absolute atomic E-state index is 0.173. The van der Waals surface area contributed by atoms with E-state index in [4.69, 9.17) is 0 Å². The maximum Gasteiger partial charge on any atom is 0.405 e. The Labute approximate surface area is 141 Å². The van der Waals surface area contributed by atoms with Crippen molar-refractivity contribution in [2.45, 2.75) is 25.4 Å². The topological polar surface area (TPSA) is 92.8 Å². The maximum absolute atomic E-state index is 12.2. The number of carbonyl (C=O) groups excluding carboxylic acids is 4. The lowest BCUT2D eigenvalue weighted by molar-refractivity contribution is -0.152. The molecule has 138 valence electrons. The van der Waals surface area contributed by atoms with E-state index in [9.17, 15) is 32.3 Å². The number of hydrogen-bond donors (Lipinski definition) is 1. The molecule has 1 saturated heterocycles. The van der Waals surface area contributed by atoms with E-state index in [1.54, 1.807) is 5.32 Å². The van der Waals surface area contributed by atoms with Gasteiger partial charge in [0.05, 0.1) is 18.3 Å². The molecule has 0 bridgehead atoms. The third-order valence-corrected chi connectivity index (χ3v) is 3.99. The van der Waals surface area contributed by atoms with E-state index in [2.05, 4.69) is 4.74 Å².